The second-order valence-corrected chi connectivity index (χ2v) is 6.22. The van der Waals surface area contributed by atoms with Crippen LogP contribution in [-0.2, 0) is 4.79 Å². The number of ether oxygens (including phenoxy) is 2. The number of carbonyl (C=O) groups excluding carboxylic acids is 1. The van der Waals surface area contributed by atoms with Gasteiger partial charge < -0.3 is 14.8 Å². The van der Waals surface area contributed by atoms with Crippen LogP contribution in [0.5, 0.6) is 11.5 Å². The van der Waals surface area contributed by atoms with Gasteiger partial charge in [0.1, 0.15) is 6.04 Å². The fourth-order valence-corrected chi connectivity index (χ4v) is 3.56. The molecule has 2 aliphatic rings. The zero-order valence-corrected chi connectivity index (χ0v) is 14.9. The number of hydrogen-bond acceptors (Lipinski definition) is 7. The van der Waals surface area contributed by atoms with Gasteiger partial charge in [-0.1, -0.05) is 11.2 Å². The van der Waals surface area contributed by atoms with Gasteiger partial charge in [-0.2, -0.15) is 4.68 Å². The van der Waals surface area contributed by atoms with E-state index in [1.165, 1.54) is 0 Å². The van der Waals surface area contributed by atoms with Crippen LogP contribution < -0.4 is 14.8 Å². The Morgan fingerprint density at radius 1 is 1.19 bits per heavy atom. The molecule has 1 atom stereocenters. The molecule has 0 amide bonds. The predicted molar refractivity (Wildman–Crippen MR) is 94.2 cm³/mol. The van der Waals surface area contributed by atoms with E-state index in [-0.39, 0.29) is 11.8 Å². The molecule has 136 valence electrons. The van der Waals surface area contributed by atoms with Gasteiger partial charge in [0, 0.05) is 17.7 Å². The van der Waals surface area contributed by atoms with E-state index in [1.54, 1.807) is 4.68 Å². The first kappa shape index (κ1) is 16.6. The lowest BCUT2D eigenvalue weighted by Crippen LogP contribution is -2.31. The molecule has 0 saturated carbocycles. The molecule has 2 heterocycles. The number of nitrogens with zero attached hydrogens (tertiary/aromatic N) is 4. The van der Waals surface area contributed by atoms with Crippen LogP contribution in [0.25, 0.3) is 0 Å². The summed E-state index contributed by atoms with van der Waals surface area (Å²) in [6, 6.07) is 5.38. The summed E-state index contributed by atoms with van der Waals surface area (Å²) in [5, 5.41) is 15.1. The number of ketones is 1. The van der Waals surface area contributed by atoms with Gasteiger partial charge >= 0.3 is 0 Å². The van der Waals surface area contributed by atoms with E-state index in [9.17, 15) is 4.79 Å². The minimum absolute atomic E-state index is 0.136. The molecule has 0 spiro atoms. The summed E-state index contributed by atoms with van der Waals surface area (Å²) in [5.41, 5.74) is 2.55. The number of carbonyl (C=O) groups is 1. The minimum Gasteiger partial charge on any atom is -0.490 e. The number of rotatable bonds is 5. The van der Waals surface area contributed by atoms with E-state index in [2.05, 4.69) is 20.8 Å². The van der Waals surface area contributed by atoms with Crippen molar-refractivity contribution in [2.75, 3.05) is 18.5 Å². The molecular weight excluding hydrogens is 334 g/mol. The molecule has 2 aromatic rings. The summed E-state index contributed by atoms with van der Waals surface area (Å²) < 4.78 is 13.1. The third kappa shape index (κ3) is 2.71. The van der Waals surface area contributed by atoms with E-state index in [0.29, 0.717) is 37.1 Å². The maximum atomic E-state index is 12.7. The molecule has 26 heavy (non-hydrogen) atoms. The van der Waals surface area contributed by atoms with Crippen molar-refractivity contribution in [1.29, 1.82) is 0 Å². The summed E-state index contributed by atoms with van der Waals surface area (Å²) in [5.74, 6) is 2.03. The number of hydrogen-bond donors (Lipinski definition) is 1. The standard InChI is InChI=1S/C18H21N5O3/c1-3-25-14-9-8-11(10-15(14)26-4-2)17-16-12(6-5-7-13(16)24)19-18-20-21-22-23(17)18/h8-10,17H,3-7H2,1-2H3,(H,19,20,22). The van der Waals surface area contributed by atoms with Gasteiger partial charge in [0.2, 0.25) is 5.95 Å². The number of Topliss-reactive ketones (excluding diaryl/α,β-unsaturated/α-hetero) is 1. The van der Waals surface area contributed by atoms with Crippen molar-refractivity contribution in [1.82, 2.24) is 20.2 Å². The summed E-state index contributed by atoms with van der Waals surface area (Å²) in [7, 11) is 0. The van der Waals surface area contributed by atoms with Crippen LogP contribution in [0.1, 0.15) is 44.7 Å². The van der Waals surface area contributed by atoms with Crippen LogP contribution in [0, 0.1) is 0 Å². The second kappa shape index (κ2) is 6.78. The van der Waals surface area contributed by atoms with Gasteiger partial charge in [-0.05, 0) is 54.8 Å². The lowest BCUT2D eigenvalue weighted by atomic mass is 9.85. The topological polar surface area (TPSA) is 91.2 Å². The van der Waals surface area contributed by atoms with Crippen LogP contribution in [0.3, 0.4) is 0 Å². The van der Waals surface area contributed by atoms with Gasteiger partial charge in [-0.3, -0.25) is 4.79 Å². The molecule has 1 unspecified atom stereocenters. The van der Waals surface area contributed by atoms with Crippen molar-refractivity contribution in [3.8, 4) is 11.5 Å². The average Bonchev–Trinajstić information content (AvgIpc) is 3.10. The van der Waals surface area contributed by atoms with Crippen molar-refractivity contribution in [3.63, 3.8) is 0 Å². The Labute approximate surface area is 151 Å². The smallest absolute Gasteiger partial charge is 0.248 e. The molecule has 0 fully saturated rings. The first-order chi connectivity index (χ1) is 12.7. The van der Waals surface area contributed by atoms with Crippen molar-refractivity contribution < 1.29 is 14.3 Å². The van der Waals surface area contributed by atoms with Gasteiger partial charge in [-0.25, -0.2) is 0 Å². The molecular formula is C18H21N5O3. The fourth-order valence-electron chi connectivity index (χ4n) is 3.56. The van der Waals surface area contributed by atoms with Crippen LogP contribution in [0.15, 0.2) is 29.5 Å². The third-order valence-electron chi connectivity index (χ3n) is 4.61. The van der Waals surface area contributed by atoms with E-state index in [1.807, 2.05) is 32.0 Å². The summed E-state index contributed by atoms with van der Waals surface area (Å²) in [6.07, 6.45) is 2.20. The second-order valence-electron chi connectivity index (χ2n) is 6.22. The van der Waals surface area contributed by atoms with Crippen molar-refractivity contribution >= 4 is 11.7 Å². The number of benzene rings is 1. The van der Waals surface area contributed by atoms with Crippen molar-refractivity contribution in [2.45, 2.75) is 39.2 Å². The van der Waals surface area contributed by atoms with Gasteiger partial charge in [0.25, 0.3) is 0 Å². The number of nitrogens with one attached hydrogen (secondary N) is 1. The summed E-state index contributed by atoms with van der Waals surface area (Å²) >= 11 is 0. The SMILES string of the molecule is CCOc1ccc(C2C3=C(CCCC3=O)Nc3nnnn32)cc1OCC. The van der Waals surface area contributed by atoms with Gasteiger partial charge in [0.15, 0.2) is 17.3 Å². The van der Waals surface area contributed by atoms with Crippen molar-refractivity contribution in [3.05, 3.63) is 35.0 Å². The summed E-state index contributed by atoms with van der Waals surface area (Å²) in [6.45, 7) is 4.94. The van der Waals surface area contributed by atoms with E-state index < -0.39 is 0 Å². The van der Waals surface area contributed by atoms with Crippen LogP contribution in [0.2, 0.25) is 0 Å². The molecule has 8 nitrogen and oxygen atoms in total. The molecule has 1 aromatic carbocycles. The normalized spacial score (nSPS) is 18.8. The molecule has 1 N–H and O–H groups in total. The molecule has 0 radical (unpaired) electrons. The lowest BCUT2D eigenvalue weighted by molar-refractivity contribution is -0.116. The van der Waals surface area contributed by atoms with Crippen LogP contribution >= 0.6 is 0 Å². The van der Waals surface area contributed by atoms with Gasteiger partial charge in [-0.15, -0.1) is 0 Å². The number of allylic oxidation sites excluding steroid dienone is 2. The Bertz CT molecular complexity index is 873. The first-order valence-electron chi connectivity index (χ1n) is 8.93. The molecule has 0 bridgehead atoms. The van der Waals surface area contributed by atoms with Crippen LogP contribution in [0.4, 0.5) is 5.95 Å². The molecule has 4 rings (SSSR count). The van der Waals surface area contributed by atoms with Gasteiger partial charge in [0.05, 0.1) is 13.2 Å². The quantitative estimate of drug-likeness (QED) is 0.881. The minimum atomic E-state index is -0.362. The Morgan fingerprint density at radius 2 is 2.00 bits per heavy atom. The zero-order valence-electron chi connectivity index (χ0n) is 14.9. The molecule has 1 aliphatic heterocycles. The first-order valence-corrected chi connectivity index (χ1v) is 8.93. The third-order valence-corrected chi connectivity index (χ3v) is 4.61. The molecule has 1 aromatic heterocycles. The Morgan fingerprint density at radius 3 is 2.81 bits per heavy atom. The number of fused-ring (bicyclic) bond motifs is 1. The van der Waals surface area contributed by atoms with E-state index in [4.69, 9.17) is 9.47 Å². The Balaban J connectivity index is 1.84. The number of anilines is 1. The maximum Gasteiger partial charge on any atom is 0.248 e. The Hall–Kier alpha value is -2.90. The van der Waals surface area contributed by atoms with Crippen molar-refractivity contribution in [2.24, 2.45) is 0 Å². The molecule has 8 heteroatoms. The fraction of sp³-hybridized carbons (Fsp3) is 0.444. The monoisotopic (exact) mass is 355 g/mol. The van der Waals surface area contributed by atoms with Crippen LogP contribution in [-0.4, -0.2) is 39.2 Å². The number of aromatic nitrogens is 4. The predicted octanol–water partition coefficient (Wildman–Crippen LogP) is 2.49. The number of tetrazole rings is 1. The zero-order chi connectivity index (χ0) is 18.1. The highest BCUT2D eigenvalue weighted by molar-refractivity contribution is 5.99. The highest BCUT2D eigenvalue weighted by Gasteiger charge is 2.36. The Kier molecular flexibility index (Phi) is 4.32. The van der Waals surface area contributed by atoms with E-state index >= 15 is 0 Å². The summed E-state index contributed by atoms with van der Waals surface area (Å²) in [4.78, 5) is 12.7. The maximum absolute atomic E-state index is 12.7. The largest absolute Gasteiger partial charge is 0.490 e. The van der Waals surface area contributed by atoms with E-state index in [0.717, 1.165) is 29.7 Å². The lowest BCUT2D eigenvalue weighted by Gasteiger charge is -2.31. The highest BCUT2D eigenvalue weighted by atomic mass is 16.5. The molecule has 1 aliphatic carbocycles. The average molecular weight is 355 g/mol. The highest BCUT2D eigenvalue weighted by Crippen LogP contribution is 2.41. The molecule has 0 saturated heterocycles.